The minimum atomic E-state index is -0.336. The molecule has 0 bridgehead atoms. The molecule has 0 fully saturated rings. The third-order valence-corrected chi connectivity index (χ3v) is 5.68. The average Bonchev–Trinajstić information content (AvgIpc) is 3.31. The first kappa shape index (κ1) is 25.9. The highest BCUT2D eigenvalue weighted by molar-refractivity contribution is 6.30. The number of amides is 2. The van der Waals surface area contributed by atoms with Crippen molar-refractivity contribution in [2.75, 3.05) is 11.9 Å². The molecule has 0 atom stereocenters. The van der Waals surface area contributed by atoms with Gasteiger partial charge < -0.3 is 10.1 Å². The molecule has 8 nitrogen and oxygen atoms in total. The van der Waals surface area contributed by atoms with E-state index in [1.165, 1.54) is 0 Å². The quantitative estimate of drug-likeness (QED) is 0.221. The van der Waals surface area contributed by atoms with Gasteiger partial charge in [0.05, 0.1) is 23.5 Å². The van der Waals surface area contributed by atoms with E-state index in [0.717, 1.165) is 11.1 Å². The van der Waals surface area contributed by atoms with Crippen molar-refractivity contribution in [2.45, 2.75) is 13.5 Å². The van der Waals surface area contributed by atoms with Crippen LogP contribution in [0.15, 0.2) is 90.3 Å². The lowest BCUT2D eigenvalue weighted by molar-refractivity contribution is -0.118. The van der Waals surface area contributed by atoms with E-state index < -0.39 is 0 Å². The summed E-state index contributed by atoms with van der Waals surface area (Å²) >= 11 is 11.7. The molecule has 1 aromatic heterocycles. The van der Waals surface area contributed by atoms with E-state index in [1.807, 2.05) is 18.2 Å². The number of carbonyl (C=O) groups is 2. The maximum atomic E-state index is 12.5. The van der Waals surface area contributed by atoms with Crippen LogP contribution in [0.2, 0.25) is 10.0 Å². The Morgan fingerprint density at radius 1 is 0.973 bits per heavy atom. The molecule has 10 heteroatoms. The van der Waals surface area contributed by atoms with Crippen LogP contribution in [0.5, 0.6) is 5.75 Å². The molecule has 3 aromatic carbocycles. The van der Waals surface area contributed by atoms with Crippen LogP contribution in [-0.2, 0) is 11.3 Å². The van der Waals surface area contributed by atoms with Gasteiger partial charge in [-0.3, -0.25) is 14.3 Å². The number of carbonyl (C=O) groups excluding carboxylic acids is 2. The lowest BCUT2D eigenvalue weighted by Crippen LogP contribution is -2.21. The lowest BCUT2D eigenvalue weighted by atomic mass is 10.1. The van der Waals surface area contributed by atoms with Crippen molar-refractivity contribution in [2.24, 2.45) is 5.10 Å². The zero-order valence-electron chi connectivity index (χ0n) is 19.8. The monoisotopic (exact) mass is 535 g/mol. The molecule has 0 radical (unpaired) electrons. The first-order valence-corrected chi connectivity index (χ1v) is 12.0. The van der Waals surface area contributed by atoms with Gasteiger partial charge in [0.15, 0.2) is 6.61 Å². The Morgan fingerprint density at radius 3 is 2.43 bits per heavy atom. The Balaban J connectivity index is 1.30. The number of ether oxygens (including phenoxy) is 1. The predicted molar refractivity (Wildman–Crippen MR) is 144 cm³/mol. The summed E-state index contributed by atoms with van der Waals surface area (Å²) in [6.45, 7) is 2.17. The fourth-order valence-electron chi connectivity index (χ4n) is 3.34. The zero-order valence-corrected chi connectivity index (χ0v) is 21.3. The van der Waals surface area contributed by atoms with Crippen LogP contribution in [0, 0.1) is 0 Å². The molecule has 0 aliphatic rings. The van der Waals surface area contributed by atoms with Crippen LogP contribution in [0.3, 0.4) is 0 Å². The number of hydrazone groups is 1. The molecule has 0 aliphatic carbocycles. The molecule has 4 rings (SSSR count). The normalized spacial score (nSPS) is 11.2. The lowest BCUT2D eigenvalue weighted by Gasteiger charge is -2.09. The predicted octanol–water partition coefficient (Wildman–Crippen LogP) is 5.41. The third kappa shape index (κ3) is 7.67. The number of rotatable bonds is 9. The van der Waals surface area contributed by atoms with Crippen molar-refractivity contribution < 1.29 is 14.3 Å². The Hall–Kier alpha value is -4.14. The van der Waals surface area contributed by atoms with Crippen LogP contribution in [0.25, 0.3) is 0 Å². The number of hydrogen-bond donors (Lipinski definition) is 2. The topological polar surface area (TPSA) is 97.6 Å². The number of benzene rings is 3. The highest BCUT2D eigenvalue weighted by Crippen LogP contribution is 2.16. The van der Waals surface area contributed by atoms with Gasteiger partial charge in [-0.2, -0.15) is 10.2 Å². The second kappa shape index (κ2) is 12.2. The first-order chi connectivity index (χ1) is 17.9. The maximum absolute atomic E-state index is 12.5. The van der Waals surface area contributed by atoms with Gasteiger partial charge in [-0.1, -0.05) is 47.5 Å². The van der Waals surface area contributed by atoms with E-state index >= 15 is 0 Å². The van der Waals surface area contributed by atoms with Gasteiger partial charge in [0.2, 0.25) is 0 Å². The second-order valence-corrected chi connectivity index (χ2v) is 8.94. The molecule has 2 N–H and O–H groups in total. The first-order valence-electron chi connectivity index (χ1n) is 11.3. The van der Waals surface area contributed by atoms with Crippen molar-refractivity contribution in [3.8, 4) is 5.75 Å². The average molecular weight is 536 g/mol. The third-order valence-electron chi connectivity index (χ3n) is 5.24. The Bertz CT molecular complexity index is 1420. The van der Waals surface area contributed by atoms with Gasteiger partial charge >= 0.3 is 0 Å². The zero-order chi connectivity index (χ0) is 26.2. The molecule has 0 saturated heterocycles. The molecule has 0 unspecified atom stereocenters. The van der Waals surface area contributed by atoms with Gasteiger partial charge in [0, 0.05) is 22.5 Å². The largest absolute Gasteiger partial charge is 0.484 e. The molecule has 0 spiro atoms. The van der Waals surface area contributed by atoms with Crippen LogP contribution in [0.1, 0.15) is 28.4 Å². The number of hydrogen-bond acceptors (Lipinski definition) is 5. The van der Waals surface area contributed by atoms with Crippen molar-refractivity contribution in [3.63, 3.8) is 0 Å². The number of nitrogens with zero attached hydrogens (tertiary/aromatic N) is 3. The van der Waals surface area contributed by atoms with Gasteiger partial charge in [-0.05, 0) is 66.6 Å². The van der Waals surface area contributed by atoms with Crippen molar-refractivity contribution in [3.05, 3.63) is 112 Å². The van der Waals surface area contributed by atoms with E-state index in [0.29, 0.717) is 39.3 Å². The fraction of sp³-hybridized carbons (Fsp3) is 0.111. The highest BCUT2D eigenvalue weighted by atomic mass is 35.5. The van der Waals surface area contributed by atoms with Crippen LogP contribution < -0.4 is 15.5 Å². The second-order valence-electron chi connectivity index (χ2n) is 8.06. The maximum Gasteiger partial charge on any atom is 0.271 e. The summed E-state index contributed by atoms with van der Waals surface area (Å²) in [5.74, 6) is -0.101. The molecular formula is C27H23Cl2N5O3. The molecule has 2 amide bonds. The summed E-state index contributed by atoms with van der Waals surface area (Å²) in [6.07, 6.45) is 3.31. The van der Waals surface area contributed by atoms with Crippen LogP contribution in [-0.4, -0.2) is 33.9 Å². The van der Waals surface area contributed by atoms with E-state index in [1.54, 1.807) is 78.6 Å². The summed E-state index contributed by atoms with van der Waals surface area (Å²) < 4.78 is 7.18. The van der Waals surface area contributed by atoms with Gasteiger partial charge in [0.25, 0.3) is 11.8 Å². The van der Waals surface area contributed by atoms with Crippen molar-refractivity contribution in [1.82, 2.24) is 15.2 Å². The number of anilines is 1. The smallest absolute Gasteiger partial charge is 0.271 e. The minimum Gasteiger partial charge on any atom is -0.484 e. The molecular weight excluding hydrogens is 513 g/mol. The van der Waals surface area contributed by atoms with E-state index in [2.05, 4.69) is 20.9 Å². The van der Waals surface area contributed by atoms with E-state index in [9.17, 15) is 9.59 Å². The van der Waals surface area contributed by atoms with Crippen LogP contribution in [0.4, 0.5) is 5.69 Å². The van der Waals surface area contributed by atoms with Crippen LogP contribution >= 0.6 is 23.2 Å². The molecule has 0 aliphatic heterocycles. The molecule has 1 heterocycles. The molecule has 4 aromatic rings. The standard InChI is InChI=1S/C27H23Cl2N5O3/c1-18(32-33-27(36)20-7-5-19(6-8-20)15-34-16-23(29)14-30-34)21-3-2-4-24(13-21)31-26(35)17-37-25-11-9-22(28)10-12-25/h2-14,16H,15,17H2,1H3,(H,31,35)(H,33,36)/b32-18+. The van der Waals surface area contributed by atoms with E-state index in [4.69, 9.17) is 27.9 Å². The highest BCUT2D eigenvalue weighted by Gasteiger charge is 2.08. The number of nitrogens with one attached hydrogen (secondary N) is 2. The number of halogens is 2. The molecule has 188 valence electrons. The van der Waals surface area contributed by atoms with Crippen molar-refractivity contribution in [1.29, 1.82) is 0 Å². The minimum absolute atomic E-state index is 0.149. The Kier molecular flexibility index (Phi) is 8.56. The van der Waals surface area contributed by atoms with Gasteiger partial charge in [-0.25, -0.2) is 5.43 Å². The summed E-state index contributed by atoms with van der Waals surface area (Å²) in [7, 11) is 0. The summed E-state index contributed by atoms with van der Waals surface area (Å²) in [5.41, 5.74) is 5.92. The summed E-state index contributed by atoms with van der Waals surface area (Å²) in [4.78, 5) is 24.8. The molecule has 0 saturated carbocycles. The summed E-state index contributed by atoms with van der Waals surface area (Å²) in [5, 5.41) is 12.3. The summed E-state index contributed by atoms with van der Waals surface area (Å²) in [6, 6.07) is 21.1. The van der Waals surface area contributed by atoms with Gasteiger partial charge in [0.1, 0.15) is 5.75 Å². The number of aromatic nitrogens is 2. The Labute approximate surface area is 223 Å². The van der Waals surface area contributed by atoms with Gasteiger partial charge in [-0.15, -0.1) is 0 Å². The molecule has 37 heavy (non-hydrogen) atoms. The fourth-order valence-corrected chi connectivity index (χ4v) is 3.62. The van der Waals surface area contributed by atoms with Crippen molar-refractivity contribution >= 4 is 46.4 Å². The SMILES string of the molecule is C/C(=N\NC(=O)c1ccc(Cn2cc(Cl)cn2)cc1)c1cccc(NC(=O)COc2ccc(Cl)cc2)c1. The Morgan fingerprint density at radius 2 is 1.73 bits per heavy atom. The van der Waals surface area contributed by atoms with E-state index in [-0.39, 0.29) is 18.4 Å².